The molecule has 1 aromatic heterocycles. The lowest BCUT2D eigenvalue weighted by molar-refractivity contribution is 0.413. The number of hydrazine groups is 1. The van der Waals surface area contributed by atoms with Crippen LogP contribution in [-0.2, 0) is 6.42 Å². The van der Waals surface area contributed by atoms with Crippen molar-refractivity contribution in [1.29, 1.82) is 0 Å². The van der Waals surface area contributed by atoms with Crippen LogP contribution in [0.15, 0.2) is 41.0 Å². The van der Waals surface area contributed by atoms with Crippen molar-refractivity contribution in [3.05, 3.63) is 57.3 Å². The van der Waals surface area contributed by atoms with Crippen LogP contribution in [0.1, 0.15) is 17.3 Å². The maximum atomic E-state index is 6.17. The number of aromatic nitrogens is 1. The van der Waals surface area contributed by atoms with Crippen molar-refractivity contribution in [2.75, 3.05) is 7.11 Å². The van der Waals surface area contributed by atoms with E-state index in [1.807, 2.05) is 18.2 Å². The number of rotatable bonds is 5. The molecular weight excluding hydrogens is 342 g/mol. The Balaban J connectivity index is 2.29. The van der Waals surface area contributed by atoms with Crippen LogP contribution in [0.4, 0.5) is 0 Å². The Kier molecular flexibility index (Phi) is 5.37. The van der Waals surface area contributed by atoms with Gasteiger partial charge >= 0.3 is 0 Å². The molecule has 0 saturated carbocycles. The highest BCUT2D eigenvalue weighted by Crippen LogP contribution is 2.28. The topological polar surface area (TPSA) is 60.2 Å². The third kappa shape index (κ3) is 3.49. The van der Waals surface area contributed by atoms with Crippen molar-refractivity contribution in [1.82, 2.24) is 10.4 Å². The van der Waals surface area contributed by atoms with Gasteiger partial charge in [0, 0.05) is 10.7 Å². The lowest BCUT2D eigenvalue weighted by Crippen LogP contribution is -2.30. The van der Waals surface area contributed by atoms with Crippen LogP contribution in [0.5, 0.6) is 5.75 Å². The zero-order valence-corrected chi connectivity index (χ0v) is 13.3. The van der Waals surface area contributed by atoms with Crippen molar-refractivity contribution in [3.8, 4) is 5.75 Å². The fourth-order valence-corrected chi connectivity index (χ4v) is 2.61. The maximum absolute atomic E-state index is 6.17. The smallest absolute Gasteiger partial charge is 0.119 e. The zero-order chi connectivity index (χ0) is 14.5. The van der Waals surface area contributed by atoms with Gasteiger partial charge in [-0.05, 0) is 42.3 Å². The Morgan fingerprint density at radius 2 is 2.25 bits per heavy atom. The summed E-state index contributed by atoms with van der Waals surface area (Å²) in [6.07, 6.45) is 2.34. The first kappa shape index (κ1) is 15.3. The third-order valence-corrected chi connectivity index (χ3v) is 4.09. The molecule has 1 atom stereocenters. The second-order valence-corrected chi connectivity index (χ2v) is 5.51. The Hall–Kier alpha value is -1.14. The summed E-state index contributed by atoms with van der Waals surface area (Å²) in [4.78, 5) is 4.30. The molecule has 0 aliphatic rings. The third-order valence-electron chi connectivity index (χ3n) is 3.00. The summed E-state index contributed by atoms with van der Waals surface area (Å²) in [6, 6.07) is 9.22. The summed E-state index contributed by atoms with van der Waals surface area (Å²) < 4.78 is 6.23. The molecule has 0 fully saturated rings. The summed E-state index contributed by atoms with van der Waals surface area (Å²) in [5, 5.41) is 0.592. The van der Waals surface area contributed by atoms with Gasteiger partial charge in [-0.2, -0.15) is 0 Å². The fourth-order valence-electron chi connectivity index (χ4n) is 1.94. The van der Waals surface area contributed by atoms with Crippen LogP contribution < -0.4 is 16.0 Å². The van der Waals surface area contributed by atoms with Gasteiger partial charge in [0.2, 0.25) is 0 Å². The Labute approximate surface area is 131 Å². The molecule has 106 valence electrons. The average molecular weight is 357 g/mol. The van der Waals surface area contributed by atoms with Crippen molar-refractivity contribution in [2.45, 2.75) is 12.5 Å². The molecule has 4 nitrogen and oxygen atoms in total. The summed E-state index contributed by atoms with van der Waals surface area (Å²) in [5.74, 6) is 6.44. The van der Waals surface area contributed by atoms with Crippen LogP contribution >= 0.6 is 27.5 Å². The van der Waals surface area contributed by atoms with E-state index in [1.165, 1.54) is 0 Å². The molecule has 0 aliphatic heterocycles. The van der Waals surface area contributed by atoms with E-state index < -0.39 is 0 Å². The highest BCUT2D eigenvalue weighted by atomic mass is 79.9. The Morgan fingerprint density at radius 3 is 2.90 bits per heavy atom. The van der Waals surface area contributed by atoms with E-state index in [1.54, 1.807) is 25.4 Å². The predicted octanol–water partition coefficient (Wildman–Crippen LogP) is 3.25. The standard InChI is InChI=1S/C14H15BrClN3O/c1-20-10-4-5-11(15)9(7-10)8-13(19-17)14-12(16)3-2-6-18-14/h2-7,13,19H,8,17H2,1H3. The van der Waals surface area contributed by atoms with Crippen LogP contribution in [0.2, 0.25) is 5.02 Å². The molecule has 0 radical (unpaired) electrons. The van der Waals surface area contributed by atoms with E-state index >= 15 is 0 Å². The number of nitrogens with one attached hydrogen (secondary N) is 1. The van der Waals surface area contributed by atoms with Gasteiger partial charge in [-0.15, -0.1) is 0 Å². The number of methoxy groups -OCH3 is 1. The van der Waals surface area contributed by atoms with E-state index in [9.17, 15) is 0 Å². The van der Waals surface area contributed by atoms with Gasteiger partial charge in [0.1, 0.15) is 5.75 Å². The molecule has 20 heavy (non-hydrogen) atoms. The number of halogens is 2. The van der Waals surface area contributed by atoms with Crippen LogP contribution in [0.25, 0.3) is 0 Å². The minimum Gasteiger partial charge on any atom is -0.497 e. The average Bonchev–Trinajstić information content (AvgIpc) is 2.47. The zero-order valence-electron chi connectivity index (χ0n) is 10.9. The van der Waals surface area contributed by atoms with Gasteiger partial charge in [-0.1, -0.05) is 27.5 Å². The molecule has 1 unspecified atom stereocenters. The first-order valence-corrected chi connectivity index (χ1v) is 7.21. The molecule has 6 heteroatoms. The number of ether oxygens (including phenoxy) is 1. The highest BCUT2D eigenvalue weighted by Gasteiger charge is 2.17. The molecule has 1 aromatic carbocycles. The van der Waals surface area contributed by atoms with Crippen molar-refractivity contribution in [3.63, 3.8) is 0 Å². The lowest BCUT2D eigenvalue weighted by Gasteiger charge is -2.17. The first-order valence-electron chi connectivity index (χ1n) is 6.04. The van der Waals surface area contributed by atoms with Gasteiger partial charge in [0.25, 0.3) is 0 Å². The minimum absolute atomic E-state index is 0.174. The molecule has 0 spiro atoms. The van der Waals surface area contributed by atoms with Crippen LogP contribution in [-0.4, -0.2) is 12.1 Å². The van der Waals surface area contributed by atoms with Crippen molar-refractivity contribution >= 4 is 27.5 Å². The van der Waals surface area contributed by atoms with E-state index in [0.29, 0.717) is 11.4 Å². The van der Waals surface area contributed by atoms with Gasteiger partial charge < -0.3 is 4.74 Å². The first-order chi connectivity index (χ1) is 9.65. The largest absolute Gasteiger partial charge is 0.497 e. The predicted molar refractivity (Wildman–Crippen MR) is 83.7 cm³/mol. The second-order valence-electron chi connectivity index (χ2n) is 4.25. The molecular formula is C14H15BrClN3O. The van der Waals surface area contributed by atoms with Gasteiger partial charge in [-0.3, -0.25) is 16.3 Å². The van der Waals surface area contributed by atoms with Crippen LogP contribution in [0, 0.1) is 0 Å². The number of nitrogens with zero attached hydrogens (tertiary/aromatic N) is 1. The van der Waals surface area contributed by atoms with Gasteiger partial charge in [0.05, 0.1) is 23.9 Å². The summed E-state index contributed by atoms with van der Waals surface area (Å²) >= 11 is 9.70. The molecule has 0 amide bonds. The summed E-state index contributed by atoms with van der Waals surface area (Å²) in [6.45, 7) is 0. The number of pyridine rings is 1. The fraction of sp³-hybridized carbons (Fsp3) is 0.214. The van der Waals surface area contributed by atoms with Crippen molar-refractivity contribution < 1.29 is 4.74 Å². The molecule has 0 saturated heterocycles. The SMILES string of the molecule is COc1ccc(Br)c(CC(NN)c2ncccc2Cl)c1. The number of benzene rings is 1. The van der Waals surface area contributed by atoms with Gasteiger partial charge in [0.15, 0.2) is 0 Å². The molecule has 2 aromatic rings. The molecule has 0 bridgehead atoms. The number of nitrogens with two attached hydrogens (primary N) is 1. The molecule has 3 N–H and O–H groups in total. The minimum atomic E-state index is -0.174. The Morgan fingerprint density at radius 1 is 1.45 bits per heavy atom. The normalized spacial score (nSPS) is 12.2. The second kappa shape index (κ2) is 7.04. The Bertz CT molecular complexity index is 594. The van der Waals surface area contributed by atoms with Gasteiger partial charge in [-0.25, -0.2) is 0 Å². The molecule has 1 heterocycles. The lowest BCUT2D eigenvalue weighted by atomic mass is 10.0. The molecule has 2 rings (SSSR count). The summed E-state index contributed by atoms with van der Waals surface area (Å²) in [7, 11) is 1.64. The van der Waals surface area contributed by atoms with E-state index in [4.69, 9.17) is 22.2 Å². The molecule has 0 aliphatic carbocycles. The van der Waals surface area contributed by atoms with Crippen molar-refractivity contribution in [2.24, 2.45) is 5.84 Å². The monoisotopic (exact) mass is 355 g/mol. The maximum Gasteiger partial charge on any atom is 0.119 e. The van der Waals surface area contributed by atoms with Crippen LogP contribution in [0.3, 0.4) is 0 Å². The quantitative estimate of drug-likeness (QED) is 0.638. The number of hydrogen-bond donors (Lipinski definition) is 2. The van der Waals surface area contributed by atoms with E-state index in [-0.39, 0.29) is 6.04 Å². The highest BCUT2D eigenvalue weighted by molar-refractivity contribution is 9.10. The number of hydrogen-bond acceptors (Lipinski definition) is 4. The van der Waals surface area contributed by atoms with E-state index in [0.717, 1.165) is 21.5 Å². The summed E-state index contributed by atoms with van der Waals surface area (Å²) in [5.41, 5.74) is 4.56. The van der Waals surface area contributed by atoms with E-state index in [2.05, 4.69) is 26.3 Å².